The molecule has 0 saturated carbocycles. The van der Waals surface area contributed by atoms with Crippen molar-refractivity contribution < 1.29 is 14.7 Å². The van der Waals surface area contributed by atoms with Gasteiger partial charge in [-0.15, -0.1) is 0 Å². The Bertz CT molecular complexity index is 768. The predicted molar refractivity (Wildman–Crippen MR) is 91.6 cm³/mol. The molecule has 0 aliphatic heterocycles. The van der Waals surface area contributed by atoms with Gasteiger partial charge in [0.2, 0.25) is 5.91 Å². The Labute approximate surface area is 145 Å². The Hall–Kier alpha value is -2.34. The molecule has 7 heteroatoms. The molecule has 0 spiro atoms. The predicted octanol–water partition coefficient (Wildman–Crippen LogP) is 2.62. The number of carbonyl (C=O) groups is 2. The first-order valence-corrected chi connectivity index (χ1v) is 7.89. The van der Waals surface area contributed by atoms with Crippen LogP contribution in [0, 0.1) is 13.8 Å². The number of rotatable bonds is 5. The van der Waals surface area contributed by atoms with Crippen molar-refractivity contribution in [1.82, 2.24) is 14.7 Å². The van der Waals surface area contributed by atoms with Crippen molar-refractivity contribution in [1.29, 1.82) is 0 Å². The SMILES string of the molecule is Cc1nn(-c2ccc(Cl)cc2)c(C)c1CC(=O)N(C)C(C)C(=O)O. The minimum Gasteiger partial charge on any atom is -0.480 e. The number of aryl methyl sites for hydroxylation is 1. The Morgan fingerprint density at radius 1 is 1.29 bits per heavy atom. The number of hydrogen-bond acceptors (Lipinski definition) is 3. The van der Waals surface area contributed by atoms with Crippen LogP contribution in [-0.4, -0.2) is 44.8 Å². The van der Waals surface area contributed by atoms with Crippen LogP contribution >= 0.6 is 11.6 Å². The van der Waals surface area contributed by atoms with Gasteiger partial charge in [-0.05, 0) is 45.0 Å². The number of carboxylic acid groups (broad SMARTS) is 1. The third kappa shape index (κ3) is 3.59. The largest absolute Gasteiger partial charge is 0.480 e. The Morgan fingerprint density at radius 3 is 2.42 bits per heavy atom. The van der Waals surface area contributed by atoms with Crippen LogP contribution in [0.4, 0.5) is 0 Å². The highest BCUT2D eigenvalue weighted by Gasteiger charge is 2.24. The first-order chi connectivity index (χ1) is 11.2. The number of nitrogens with zero attached hydrogens (tertiary/aromatic N) is 3. The number of carbonyl (C=O) groups excluding carboxylic acids is 1. The molecular weight excluding hydrogens is 330 g/mol. The summed E-state index contributed by atoms with van der Waals surface area (Å²) in [5.41, 5.74) is 3.25. The molecule has 2 aromatic rings. The lowest BCUT2D eigenvalue weighted by atomic mass is 10.1. The van der Waals surface area contributed by atoms with E-state index in [1.165, 1.54) is 18.9 Å². The zero-order valence-electron chi connectivity index (χ0n) is 14.1. The lowest BCUT2D eigenvalue weighted by Gasteiger charge is -2.21. The number of halogens is 1. The molecule has 1 heterocycles. The van der Waals surface area contributed by atoms with E-state index in [1.807, 2.05) is 26.0 Å². The summed E-state index contributed by atoms with van der Waals surface area (Å²) in [5, 5.41) is 14.2. The summed E-state index contributed by atoms with van der Waals surface area (Å²) in [4.78, 5) is 24.6. The average Bonchev–Trinajstić information content (AvgIpc) is 2.82. The monoisotopic (exact) mass is 349 g/mol. The number of amides is 1. The van der Waals surface area contributed by atoms with Crippen molar-refractivity contribution >= 4 is 23.5 Å². The fourth-order valence-electron chi connectivity index (χ4n) is 2.42. The highest BCUT2D eigenvalue weighted by atomic mass is 35.5. The van der Waals surface area contributed by atoms with Gasteiger partial charge in [0, 0.05) is 23.3 Å². The van der Waals surface area contributed by atoms with Crippen LogP contribution in [0.3, 0.4) is 0 Å². The molecule has 0 aliphatic rings. The average molecular weight is 350 g/mol. The second kappa shape index (κ2) is 7.05. The molecule has 0 fully saturated rings. The van der Waals surface area contributed by atoms with Gasteiger partial charge in [-0.2, -0.15) is 5.10 Å². The van der Waals surface area contributed by atoms with E-state index in [0.29, 0.717) is 5.02 Å². The molecule has 24 heavy (non-hydrogen) atoms. The maximum atomic E-state index is 12.4. The summed E-state index contributed by atoms with van der Waals surface area (Å²) in [7, 11) is 1.50. The Kier molecular flexibility index (Phi) is 5.29. The van der Waals surface area contributed by atoms with Crippen LogP contribution in [-0.2, 0) is 16.0 Å². The lowest BCUT2D eigenvalue weighted by Crippen LogP contribution is -2.41. The number of hydrogen-bond donors (Lipinski definition) is 1. The van der Waals surface area contributed by atoms with Gasteiger partial charge >= 0.3 is 5.97 Å². The van der Waals surface area contributed by atoms with E-state index < -0.39 is 12.0 Å². The second-order valence-corrected chi connectivity index (χ2v) is 6.17. The molecule has 128 valence electrons. The van der Waals surface area contributed by atoms with Gasteiger partial charge in [0.05, 0.1) is 17.8 Å². The molecule has 0 bridgehead atoms. The van der Waals surface area contributed by atoms with Crippen molar-refractivity contribution in [2.45, 2.75) is 33.2 Å². The van der Waals surface area contributed by atoms with Crippen molar-refractivity contribution in [3.63, 3.8) is 0 Å². The molecule has 0 radical (unpaired) electrons. The van der Waals surface area contributed by atoms with E-state index in [9.17, 15) is 9.59 Å². The Morgan fingerprint density at radius 2 is 1.88 bits per heavy atom. The minimum absolute atomic E-state index is 0.110. The number of carboxylic acids is 1. The number of likely N-dealkylation sites (N-methyl/N-ethyl adjacent to an activating group) is 1. The molecule has 1 aromatic carbocycles. The fraction of sp³-hybridized carbons (Fsp3) is 0.353. The summed E-state index contributed by atoms with van der Waals surface area (Å²) in [6.45, 7) is 5.21. The quantitative estimate of drug-likeness (QED) is 0.900. The van der Waals surface area contributed by atoms with Crippen molar-refractivity contribution in [3.05, 3.63) is 46.2 Å². The summed E-state index contributed by atoms with van der Waals surface area (Å²) in [6, 6.07) is 6.39. The molecule has 0 saturated heterocycles. The van der Waals surface area contributed by atoms with Gasteiger partial charge < -0.3 is 10.0 Å². The maximum absolute atomic E-state index is 12.4. The second-order valence-electron chi connectivity index (χ2n) is 5.73. The normalized spacial score (nSPS) is 12.0. The molecule has 1 N–H and O–H groups in total. The number of aliphatic carboxylic acids is 1. The van der Waals surface area contributed by atoms with Gasteiger partial charge in [0.1, 0.15) is 6.04 Å². The van der Waals surface area contributed by atoms with E-state index in [0.717, 1.165) is 22.6 Å². The third-order valence-electron chi connectivity index (χ3n) is 4.17. The van der Waals surface area contributed by atoms with E-state index in [-0.39, 0.29) is 12.3 Å². The minimum atomic E-state index is -1.03. The topological polar surface area (TPSA) is 75.4 Å². The van der Waals surface area contributed by atoms with Crippen LogP contribution in [0.25, 0.3) is 5.69 Å². The molecule has 1 aromatic heterocycles. The summed E-state index contributed by atoms with van der Waals surface area (Å²) in [6.07, 6.45) is 0.110. The Balaban J connectivity index is 2.28. The van der Waals surface area contributed by atoms with Crippen molar-refractivity contribution in [2.75, 3.05) is 7.05 Å². The molecule has 1 amide bonds. The van der Waals surface area contributed by atoms with Crippen LogP contribution in [0.15, 0.2) is 24.3 Å². The van der Waals surface area contributed by atoms with E-state index >= 15 is 0 Å². The van der Waals surface area contributed by atoms with Crippen LogP contribution < -0.4 is 0 Å². The van der Waals surface area contributed by atoms with Crippen molar-refractivity contribution in [2.24, 2.45) is 0 Å². The van der Waals surface area contributed by atoms with E-state index in [4.69, 9.17) is 16.7 Å². The van der Waals surface area contributed by atoms with Gasteiger partial charge in [-0.25, -0.2) is 9.48 Å². The first-order valence-electron chi connectivity index (χ1n) is 7.52. The van der Waals surface area contributed by atoms with E-state index in [1.54, 1.807) is 16.8 Å². The van der Waals surface area contributed by atoms with Crippen LogP contribution in [0.1, 0.15) is 23.9 Å². The summed E-state index contributed by atoms with van der Waals surface area (Å²) >= 11 is 5.91. The standard InChI is InChI=1S/C17H20ClN3O3/c1-10-15(9-16(22)20(4)12(3)17(23)24)11(2)21(19-10)14-7-5-13(18)6-8-14/h5-8,12H,9H2,1-4H3,(H,23,24). The molecule has 0 aliphatic carbocycles. The smallest absolute Gasteiger partial charge is 0.326 e. The van der Waals surface area contributed by atoms with Crippen LogP contribution in [0.5, 0.6) is 0 Å². The van der Waals surface area contributed by atoms with Gasteiger partial charge in [0.15, 0.2) is 0 Å². The zero-order valence-corrected chi connectivity index (χ0v) is 14.8. The molecule has 2 rings (SSSR count). The molecule has 6 nitrogen and oxygen atoms in total. The van der Waals surface area contributed by atoms with Gasteiger partial charge in [-0.1, -0.05) is 11.6 Å². The highest BCUT2D eigenvalue weighted by molar-refractivity contribution is 6.30. The summed E-state index contributed by atoms with van der Waals surface area (Å²) < 4.78 is 1.76. The molecular formula is C17H20ClN3O3. The number of benzene rings is 1. The van der Waals surface area contributed by atoms with Crippen molar-refractivity contribution in [3.8, 4) is 5.69 Å². The van der Waals surface area contributed by atoms with Gasteiger partial charge in [-0.3, -0.25) is 4.79 Å². The van der Waals surface area contributed by atoms with E-state index in [2.05, 4.69) is 5.10 Å². The first kappa shape index (κ1) is 18.0. The molecule has 1 atom stereocenters. The number of aromatic nitrogens is 2. The lowest BCUT2D eigenvalue weighted by molar-refractivity contribution is -0.148. The third-order valence-corrected chi connectivity index (χ3v) is 4.42. The molecule has 1 unspecified atom stereocenters. The highest BCUT2D eigenvalue weighted by Crippen LogP contribution is 2.20. The maximum Gasteiger partial charge on any atom is 0.326 e. The van der Waals surface area contributed by atoms with Crippen LogP contribution in [0.2, 0.25) is 5.02 Å². The fourth-order valence-corrected chi connectivity index (χ4v) is 2.55. The van der Waals surface area contributed by atoms with Gasteiger partial charge in [0.25, 0.3) is 0 Å². The summed E-state index contributed by atoms with van der Waals surface area (Å²) in [5.74, 6) is -1.29. The zero-order chi connectivity index (χ0) is 18.0.